The lowest BCUT2D eigenvalue weighted by molar-refractivity contribution is 0.355. The predicted octanol–water partition coefficient (Wildman–Crippen LogP) is 3.67. The van der Waals surface area contributed by atoms with Gasteiger partial charge in [0.15, 0.2) is 17.3 Å². The van der Waals surface area contributed by atoms with E-state index in [0.29, 0.717) is 23.1 Å². The van der Waals surface area contributed by atoms with Gasteiger partial charge in [-0.25, -0.2) is 4.98 Å². The standard InChI is InChI=1S/C20H20N6O2/c1-11-4-6-13-15(8-11)25-26-19(13)23-18-14(10-22-20(21)24-18)12-5-7-16(27-2)17(9-12)28-3/h4-10H,1-3H3,(H4,21,22,23,24,25,26). The maximum atomic E-state index is 5.83. The van der Waals surface area contributed by atoms with Gasteiger partial charge in [-0.3, -0.25) is 5.10 Å². The molecule has 0 aliphatic rings. The number of rotatable bonds is 5. The first kappa shape index (κ1) is 17.6. The summed E-state index contributed by atoms with van der Waals surface area (Å²) in [6, 6.07) is 11.7. The Kier molecular flexibility index (Phi) is 4.44. The lowest BCUT2D eigenvalue weighted by atomic mass is 10.1. The van der Waals surface area contributed by atoms with Crippen LogP contribution in [-0.2, 0) is 0 Å². The van der Waals surface area contributed by atoms with Gasteiger partial charge in [0, 0.05) is 17.1 Å². The molecule has 2 aromatic carbocycles. The highest BCUT2D eigenvalue weighted by Gasteiger charge is 2.14. The van der Waals surface area contributed by atoms with E-state index in [0.717, 1.165) is 27.6 Å². The third kappa shape index (κ3) is 3.16. The van der Waals surface area contributed by atoms with Crippen LogP contribution in [0.4, 0.5) is 17.6 Å². The van der Waals surface area contributed by atoms with E-state index in [1.165, 1.54) is 0 Å². The summed E-state index contributed by atoms with van der Waals surface area (Å²) < 4.78 is 10.7. The van der Waals surface area contributed by atoms with Crippen molar-refractivity contribution < 1.29 is 9.47 Å². The maximum absolute atomic E-state index is 5.83. The second-order valence-corrected chi connectivity index (χ2v) is 6.31. The number of fused-ring (bicyclic) bond motifs is 1. The smallest absolute Gasteiger partial charge is 0.221 e. The van der Waals surface area contributed by atoms with E-state index in [9.17, 15) is 0 Å². The quantitative estimate of drug-likeness (QED) is 0.487. The molecule has 0 saturated carbocycles. The van der Waals surface area contributed by atoms with Crippen LogP contribution in [0.1, 0.15) is 5.56 Å². The molecule has 0 unspecified atom stereocenters. The minimum absolute atomic E-state index is 0.169. The van der Waals surface area contributed by atoms with Crippen LogP contribution < -0.4 is 20.5 Å². The highest BCUT2D eigenvalue weighted by Crippen LogP contribution is 2.36. The molecule has 4 N–H and O–H groups in total. The van der Waals surface area contributed by atoms with Gasteiger partial charge in [-0.05, 0) is 42.3 Å². The Morgan fingerprint density at radius 1 is 1.00 bits per heavy atom. The summed E-state index contributed by atoms with van der Waals surface area (Å²) in [4.78, 5) is 8.52. The van der Waals surface area contributed by atoms with Crippen molar-refractivity contribution in [3.63, 3.8) is 0 Å². The number of nitrogens with zero attached hydrogens (tertiary/aromatic N) is 3. The lowest BCUT2D eigenvalue weighted by Gasteiger charge is -2.13. The fourth-order valence-electron chi connectivity index (χ4n) is 3.05. The number of benzene rings is 2. The van der Waals surface area contributed by atoms with Gasteiger partial charge < -0.3 is 20.5 Å². The van der Waals surface area contributed by atoms with Gasteiger partial charge in [0.1, 0.15) is 5.82 Å². The number of nitrogens with one attached hydrogen (secondary N) is 2. The Hall–Kier alpha value is -3.81. The van der Waals surface area contributed by atoms with Crippen LogP contribution in [0.2, 0.25) is 0 Å². The third-order valence-electron chi connectivity index (χ3n) is 4.46. The Balaban J connectivity index is 1.79. The molecule has 4 rings (SSSR count). The number of aromatic nitrogens is 4. The predicted molar refractivity (Wildman–Crippen MR) is 109 cm³/mol. The summed E-state index contributed by atoms with van der Waals surface area (Å²) in [6.07, 6.45) is 1.67. The monoisotopic (exact) mass is 376 g/mol. The summed E-state index contributed by atoms with van der Waals surface area (Å²) >= 11 is 0. The van der Waals surface area contributed by atoms with Crippen molar-refractivity contribution in [2.24, 2.45) is 0 Å². The Bertz CT molecular complexity index is 1150. The van der Waals surface area contributed by atoms with Gasteiger partial charge in [-0.15, -0.1) is 0 Å². The second-order valence-electron chi connectivity index (χ2n) is 6.31. The summed E-state index contributed by atoms with van der Waals surface area (Å²) in [6.45, 7) is 2.04. The first-order chi connectivity index (χ1) is 13.6. The van der Waals surface area contributed by atoms with Crippen molar-refractivity contribution in [2.75, 3.05) is 25.3 Å². The SMILES string of the molecule is COc1ccc(-c2cnc(N)nc2Nc2n[nH]c3cc(C)ccc23)cc1OC. The molecule has 2 aromatic heterocycles. The topological polar surface area (TPSA) is 111 Å². The minimum Gasteiger partial charge on any atom is -0.493 e. The molecule has 0 atom stereocenters. The van der Waals surface area contributed by atoms with Crippen molar-refractivity contribution >= 4 is 28.5 Å². The molecule has 0 amide bonds. The summed E-state index contributed by atoms with van der Waals surface area (Å²) in [7, 11) is 3.19. The number of H-pyrrole nitrogens is 1. The van der Waals surface area contributed by atoms with Crippen LogP contribution in [0, 0.1) is 6.92 Å². The van der Waals surface area contributed by atoms with Crippen molar-refractivity contribution in [3.05, 3.63) is 48.2 Å². The molecule has 0 aliphatic carbocycles. The van der Waals surface area contributed by atoms with Crippen LogP contribution in [0.15, 0.2) is 42.6 Å². The average molecular weight is 376 g/mol. The van der Waals surface area contributed by atoms with E-state index in [1.54, 1.807) is 20.4 Å². The molecule has 0 aliphatic heterocycles. The largest absolute Gasteiger partial charge is 0.493 e. The molecule has 0 spiro atoms. The van der Waals surface area contributed by atoms with Gasteiger partial charge in [0.25, 0.3) is 0 Å². The zero-order valence-corrected chi connectivity index (χ0v) is 15.8. The molecule has 28 heavy (non-hydrogen) atoms. The van der Waals surface area contributed by atoms with Gasteiger partial charge >= 0.3 is 0 Å². The second kappa shape index (κ2) is 7.07. The first-order valence-electron chi connectivity index (χ1n) is 8.65. The fraction of sp³-hybridized carbons (Fsp3) is 0.150. The number of hydrogen-bond donors (Lipinski definition) is 3. The third-order valence-corrected chi connectivity index (χ3v) is 4.46. The number of aryl methyl sites for hydroxylation is 1. The number of nitrogen functional groups attached to an aromatic ring is 1. The van der Waals surface area contributed by atoms with Crippen LogP contribution in [0.25, 0.3) is 22.0 Å². The van der Waals surface area contributed by atoms with Crippen LogP contribution in [0.5, 0.6) is 11.5 Å². The van der Waals surface area contributed by atoms with E-state index in [2.05, 4.69) is 25.5 Å². The number of ether oxygens (including phenoxy) is 2. The molecular weight excluding hydrogens is 356 g/mol. The molecule has 0 saturated heterocycles. The van der Waals surface area contributed by atoms with E-state index in [1.807, 2.05) is 43.3 Å². The zero-order valence-electron chi connectivity index (χ0n) is 15.8. The van der Waals surface area contributed by atoms with Crippen molar-refractivity contribution in [2.45, 2.75) is 6.92 Å². The summed E-state index contributed by atoms with van der Waals surface area (Å²) in [5.41, 5.74) is 9.55. The van der Waals surface area contributed by atoms with Crippen LogP contribution >= 0.6 is 0 Å². The van der Waals surface area contributed by atoms with Gasteiger partial charge in [-0.2, -0.15) is 10.1 Å². The van der Waals surface area contributed by atoms with E-state index in [4.69, 9.17) is 15.2 Å². The lowest BCUT2D eigenvalue weighted by Crippen LogP contribution is -2.03. The average Bonchev–Trinajstić information content (AvgIpc) is 3.09. The number of hydrogen-bond acceptors (Lipinski definition) is 7. The van der Waals surface area contributed by atoms with E-state index < -0.39 is 0 Å². The van der Waals surface area contributed by atoms with Gasteiger partial charge in [0.2, 0.25) is 5.95 Å². The summed E-state index contributed by atoms with van der Waals surface area (Å²) in [5.74, 6) is 2.64. The molecule has 8 heteroatoms. The highest BCUT2D eigenvalue weighted by molar-refractivity contribution is 5.93. The maximum Gasteiger partial charge on any atom is 0.221 e. The normalized spacial score (nSPS) is 10.8. The number of aromatic amines is 1. The van der Waals surface area contributed by atoms with Crippen LogP contribution in [0.3, 0.4) is 0 Å². The van der Waals surface area contributed by atoms with E-state index >= 15 is 0 Å². The number of nitrogens with two attached hydrogens (primary N) is 1. The van der Waals surface area contributed by atoms with Crippen molar-refractivity contribution in [3.8, 4) is 22.6 Å². The Morgan fingerprint density at radius 2 is 1.82 bits per heavy atom. The Labute approximate surface area is 161 Å². The van der Waals surface area contributed by atoms with E-state index in [-0.39, 0.29) is 5.95 Å². The number of methoxy groups -OCH3 is 2. The molecule has 0 bridgehead atoms. The van der Waals surface area contributed by atoms with Gasteiger partial charge in [0.05, 0.1) is 19.7 Å². The molecular formula is C20H20N6O2. The highest BCUT2D eigenvalue weighted by atomic mass is 16.5. The fourth-order valence-corrected chi connectivity index (χ4v) is 3.05. The molecule has 142 valence electrons. The molecule has 4 aromatic rings. The first-order valence-corrected chi connectivity index (χ1v) is 8.65. The molecule has 2 heterocycles. The zero-order chi connectivity index (χ0) is 19.7. The molecule has 0 radical (unpaired) electrons. The Morgan fingerprint density at radius 3 is 2.61 bits per heavy atom. The minimum atomic E-state index is 0.169. The van der Waals surface area contributed by atoms with Crippen molar-refractivity contribution in [1.82, 2.24) is 20.2 Å². The molecule has 8 nitrogen and oxygen atoms in total. The number of anilines is 3. The van der Waals surface area contributed by atoms with Gasteiger partial charge in [-0.1, -0.05) is 12.1 Å². The molecule has 0 fully saturated rings. The summed E-state index contributed by atoms with van der Waals surface area (Å²) in [5, 5.41) is 11.6. The van der Waals surface area contributed by atoms with Crippen LogP contribution in [-0.4, -0.2) is 34.4 Å². The van der Waals surface area contributed by atoms with Crippen molar-refractivity contribution in [1.29, 1.82) is 0 Å².